The predicted molar refractivity (Wildman–Crippen MR) is 110 cm³/mol. The van der Waals surface area contributed by atoms with Crippen LogP contribution in [0.15, 0.2) is 36.4 Å². The molecule has 2 heterocycles. The number of benzene rings is 2. The van der Waals surface area contributed by atoms with Gasteiger partial charge in [0.25, 0.3) is 0 Å². The summed E-state index contributed by atoms with van der Waals surface area (Å²) < 4.78 is 41.9. The van der Waals surface area contributed by atoms with E-state index in [0.717, 1.165) is 37.6 Å². The molecule has 0 spiro atoms. The zero-order valence-electron chi connectivity index (χ0n) is 16.6. The van der Waals surface area contributed by atoms with Crippen LogP contribution >= 0.6 is 0 Å². The third-order valence-electron chi connectivity index (χ3n) is 6.56. The van der Waals surface area contributed by atoms with Crippen LogP contribution < -0.4 is 0 Å². The van der Waals surface area contributed by atoms with E-state index in [9.17, 15) is 18.0 Å². The van der Waals surface area contributed by atoms with Gasteiger partial charge in [-0.3, -0.25) is 4.79 Å². The highest BCUT2D eigenvalue weighted by Crippen LogP contribution is 2.49. The molecule has 2 aromatic carbocycles. The van der Waals surface area contributed by atoms with Gasteiger partial charge in [0.15, 0.2) is 0 Å². The molecule has 2 fully saturated rings. The molecule has 1 aliphatic heterocycles. The maximum absolute atomic E-state index is 14.5. The number of fused-ring (bicyclic) bond motifs is 1. The van der Waals surface area contributed by atoms with Crippen LogP contribution in [0.25, 0.3) is 22.2 Å². The Bertz CT molecular complexity index is 1090. The number of hydrogen-bond acceptors (Lipinski definition) is 1. The highest BCUT2D eigenvalue weighted by atomic mass is 19.1. The Morgan fingerprint density at radius 2 is 1.63 bits per heavy atom. The van der Waals surface area contributed by atoms with Gasteiger partial charge >= 0.3 is 0 Å². The Labute approximate surface area is 172 Å². The molecular formula is C24H23F3N2O. The first kappa shape index (κ1) is 19.2. The Balaban J connectivity index is 1.49. The Morgan fingerprint density at radius 1 is 0.933 bits per heavy atom. The summed E-state index contributed by atoms with van der Waals surface area (Å²) >= 11 is 0. The minimum absolute atomic E-state index is 0.0266. The van der Waals surface area contributed by atoms with Crippen LogP contribution in [0.3, 0.4) is 0 Å². The number of aromatic nitrogens is 1. The quantitative estimate of drug-likeness (QED) is 0.584. The summed E-state index contributed by atoms with van der Waals surface area (Å²) in [6.07, 6.45) is 4.60. The minimum atomic E-state index is -0.653. The highest BCUT2D eigenvalue weighted by molar-refractivity contribution is 5.92. The van der Waals surface area contributed by atoms with Gasteiger partial charge in [-0.1, -0.05) is 0 Å². The zero-order valence-corrected chi connectivity index (χ0v) is 16.6. The van der Waals surface area contributed by atoms with Crippen molar-refractivity contribution < 1.29 is 18.0 Å². The van der Waals surface area contributed by atoms with Crippen molar-refractivity contribution in [3.05, 3.63) is 59.4 Å². The monoisotopic (exact) mass is 412 g/mol. The number of hydrogen-bond donors (Lipinski definition) is 1. The third kappa shape index (κ3) is 3.28. The van der Waals surface area contributed by atoms with E-state index in [4.69, 9.17) is 0 Å². The maximum atomic E-state index is 14.5. The minimum Gasteiger partial charge on any atom is -0.352 e. The van der Waals surface area contributed by atoms with E-state index in [1.54, 1.807) is 12.1 Å². The van der Waals surface area contributed by atoms with Gasteiger partial charge in [-0.25, -0.2) is 13.2 Å². The Morgan fingerprint density at radius 3 is 2.33 bits per heavy atom. The molecule has 1 saturated carbocycles. The summed E-state index contributed by atoms with van der Waals surface area (Å²) in [6, 6.07) is 8.17. The molecule has 0 bridgehead atoms. The topological polar surface area (TPSA) is 36.1 Å². The fraction of sp³-hybridized carbons (Fsp3) is 0.375. The van der Waals surface area contributed by atoms with E-state index in [2.05, 4.69) is 4.98 Å². The zero-order chi connectivity index (χ0) is 20.8. The average molecular weight is 412 g/mol. The molecule has 1 aromatic heterocycles. The molecule has 30 heavy (non-hydrogen) atoms. The number of carbonyl (C=O) groups is 1. The van der Waals surface area contributed by atoms with Crippen molar-refractivity contribution in [3.63, 3.8) is 0 Å². The molecule has 0 atom stereocenters. The van der Waals surface area contributed by atoms with Crippen molar-refractivity contribution in [2.24, 2.45) is 5.92 Å². The second kappa shape index (κ2) is 7.49. The molecule has 0 radical (unpaired) electrons. The van der Waals surface area contributed by atoms with Crippen LogP contribution in [0, 0.1) is 23.4 Å². The molecule has 156 valence electrons. The second-order valence-corrected chi connectivity index (χ2v) is 8.48. The molecule has 1 amide bonds. The maximum Gasteiger partial charge on any atom is 0.225 e. The van der Waals surface area contributed by atoms with Gasteiger partial charge in [-0.15, -0.1) is 0 Å². The number of H-pyrrole nitrogens is 1. The van der Waals surface area contributed by atoms with Crippen LogP contribution in [-0.2, 0) is 4.79 Å². The third-order valence-corrected chi connectivity index (χ3v) is 6.56. The van der Waals surface area contributed by atoms with Crippen molar-refractivity contribution >= 4 is 16.8 Å². The van der Waals surface area contributed by atoms with Crippen molar-refractivity contribution in [2.75, 3.05) is 13.1 Å². The van der Waals surface area contributed by atoms with Crippen LogP contribution in [0.2, 0.25) is 0 Å². The number of likely N-dealkylation sites (tertiary alicyclic amines) is 1. The molecule has 5 rings (SSSR count). The number of halogens is 3. The van der Waals surface area contributed by atoms with Crippen LogP contribution in [0.4, 0.5) is 13.2 Å². The first-order chi connectivity index (χ1) is 14.5. The lowest BCUT2D eigenvalue weighted by Crippen LogP contribution is -2.43. The molecule has 2 aliphatic rings. The summed E-state index contributed by atoms with van der Waals surface area (Å²) in [5.74, 6) is -1.46. The summed E-state index contributed by atoms with van der Waals surface area (Å²) in [6.45, 7) is 1.65. The Kier molecular flexibility index (Phi) is 4.80. The Hall–Kier alpha value is -2.76. The van der Waals surface area contributed by atoms with Crippen LogP contribution in [-0.4, -0.2) is 28.9 Å². The van der Waals surface area contributed by atoms with Gasteiger partial charge < -0.3 is 9.88 Å². The number of rotatable bonds is 3. The summed E-state index contributed by atoms with van der Waals surface area (Å²) in [7, 11) is 0. The van der Waals surface area contributed by atoms with E-state index < -0.39 is 11.6 Å². The normalized spacial score (nSPS) is 21.6. The molecule has 1 N–H and O–H groups in total. The lowest BCUT2D eigenvalue weighted by molar-refractivity contribution is -0.139. The van der Waals surface area contributed by atoms with Crippen molar-refractivity contribution in [2.45, 2.75) is 38.0 Å². The van der Waals surface area contributed by atoms with Crippen molar-refractivity contribution in [1.29, 1.82) is 0 Å². The van der Waals surface area contributed by atoms with Crippen LogP contribution in [0.5, 0.6) is 0 Å². The molecular weight excluding hydrogens is 389 g/mol. The fourth-order valence-corrected chi connectivity index (χ4v) is 4.94. The summed E-state index contributed by atoms with van der Waals surface area (Å²) in [5.41, 5.74) is 2.45. The summed E-state index contributed by atoms with van der Waals surface area (Å²) in [4.78, 5) is 17.9. The van der Waals surface area contributed by atoms with Gasteiger partial charge in [0.1, 0.15) is 17.5 Å². The number of piperidine rings is 1. The SMILES string of the molecule is O=C(C1CC(c2c(-c3ccc(F)cc3)[nH]c3c(F)cc(F)cc23)C1)N1CCCCC1. The van der Waals surface area contributed by atoms with Gasteiger partial charge in [0, 0.05) is 30.5 Å². The van der Waals surface area contributed by atoms with E-state index in [-0.39, 0.29) is 29.1 Å². The fourth-order valence-electron chi connectivity index (χ4n) is 4.94. The standard InChI is InChI=1S/C24H23F3N2O/c25-17-6-4-14(5-7-17)22-21(19-12-18(26)13-20(27)23(19)28-22)15-10-16(11-15)24(30)29-8-2-1-3-9-29/h4-7,12-13,15-16,28H,1-3,8-11H2. The average Bonchev–Trinajstić information content (AvgIpc) is 3.07. The highest BCUT2D eigenvalue weighted by Gasteiger charge is 2.40. The van der Waals surface area contributed by atoms with E-state index in [1.165, 1.54) is 24.6 Å². The number of nitrogens with one attached hydrogen (secondary N) is 1. The van der Waals surface area contributed by atoms with Gasteiger partial charge in [0.05, 0.1) is 11.2 Å². The van der Waals surface area contributed by atoms with Crippen molar-refractivity contribution in [3.8, 4) is 11.3 Å². The lowest BCUT2D eigenvalue weighted by atomic mass is 9.69. The predicted octanol–water partition coefficient (Wildman–Crippen LogP) is 5.76. The van der Waals surface area contributed by atoms with Gasteiger partial charge in [-0.05, 0) is 79.5 Å². The number of aromatic amines is 1. The second-order valence-electron chi connectivity index (χ2n) is 8.48. The number of nitrogens with zero attached hydrogens (tertiary/aromatic N) is 1. The number of amides is 1. The largest absolute Gasteiger partial charge is 0.352 e. The van der Waals surface area contributed by atoms with Gasteiger partial charge in [0.2, 0.25) is 5.91 Å². The lowest BCUT2D eigenvalue weighted by Gasteiger charge is -2.39. The first-order valence-electron chi connectivity index (χ1n) is 10.6. The molecule has 3 aromatic rings. The van der Waals surface area contributed by atoms with Crippen molar-refractivity contribution in [1.82, 2.24) is 9.88 Å². The van der Waals surface area contributed by atoms with E-state index in [0.29, 0.717) is 29.5 Å². The van der Waals surface area contributed by atoms with Crippen LogP contribution in [0.1, 0.15) is 43.6 Å². The van der Waals surface area contributed by atoms with E-state index >= 15 is 0 Å². The smallest absolute Gasteiger partial charge is 0.225 e. The molecule has 0 unspecified atom stereocenters. The van der Waals surface area contributed by atoms with Gasteiger partial charge in [-0.2, -0.15) is 0 Å². The molecule has 1 saturated heterocycles. The first-order valence-corrected chi connectivity index (χ1v) is 10.6. The summed E-state index contributed by atoms with van der Waals surface area (Å²) in [5, 5.41) is 0.501. The molecule has 3 nitrogen and oxygen atoms in total. The number of carbonyl (C=O) groups excluding carboxylic acids is 1. The molecule has 1 aliphatic carbocycles. The molecule has 6 heteroatoms. The van der Waals surface area contributed by atoms with E-state index in [1.807, 2.05) is 4.90 Å².